The Balaban J connectivity index is 1.62. The van der Waals surface area contributed by atoms with Gasteiger partial charge in [0.25, 0.3) is 5.56 Å². The van der Waals surface area contributed by atoms with E-state index in [0.717, 1.165) is 6.07 Å². The normalized spacial score (nSPS) is 12.1. The molecule has 0 aliphatic rings. The second-order valence-corrected chi connectivity index (χ2v) is 7.20. The molecule has 31 heavy (non-hydrogen) atoms. The van der Waals surface area contributed by atoms with Gasteiger partial charge < -0.3 is 4.98 Å². The van der Waals surface area contributed by atoms with Crippen LogP contribution in [0, 0.1) is 5.82 Å². The summed E-state index contributed by atoms with van der Waals surface area (Å²) in [6, 6.07) is 2.72. The lowest BCUT2D eigenvalue weighted by Crippen LogP contribution is -2.22. The molecule has 4 aromatic rings. The van der Waals surface area contributed by atoms with Crippen molar-refractivity contribution in [2.45, 2.75) is 32.6 Å². The molecule has 0 fully saturated rings. The summed E-state index contributed by atoms with van der Waals surface area (Å²) in [7, 11) is 0. The van der Waals surface area contributed by atoms with Gasteiger partial charge in [0.2, 0.25) is 5.28 Å². The zero-order chi connectivity index (χ0) is 22.3. The maximum atomic E-state index is 13.8. The van der Waals surface area contributed by atoms with Crippen molar-refractivity contribution < 1.29 is 17.6 Å². The van der Waals surface area contributed by atoms with Crippen LogP contribution in [-0.4, -0.2) is 29.3 Å². The molecule has 0 atom stereocenters. The molecule has 1 aromatic carbocycles. The molecule has 3 aromatic heterocycles. The average Bonchev–Trinajstić information content (AvgIpc) is 3.31. The second-order valence-electron chi connectivity index (χ2n) is 6.86. The number of nitrogens with zero attached hydrogens (tertiary/aromatic N) is 5. The summed E-state index contributed by atoms with van der Waals surface area (Å²) in [5, 5.41) is 4.17. The van der Waals surface area contributed by atoms with Crippen LogP contribution in [0.4, 0.5) is 17.6 Å². The number of imidazole rings is 1. The van der Waals surface area contributed by atoms with Crippen molar-refractivity contribution in [2.24, 2.45) is 0 Å². The quantitative estimate of drug-likeness (QED) is 0.361. The smallest absolute Gasteiger partial charge is 0.332 e. The van der Waals surface area contributed by atoms with Crippen molar-refractivity contribution in [2.75, 3.05) is 0 Å². The van der Waals surface area contributed by atoms with Crippen LogP contribution >= 0.6 is 11.6 Å². The Morgan fingerprint density at radius 2 is 2.00 bits per heavy atom. The largest absolute Gasteiger partial charge is 0.419 e. The zero-order valence-corrected chi connectivity index (χ0v) is 16.8. The molecule has 3 heterocycles. The van der Waals surface area contributed by atoms with Crippen LogP contribution in [-0.2, 0) is 19.3 Å². The van der Waals surface area contributed by atoms with Gasteiger partial charge in [-0.25, -0.2) is 9.37 Å². The number of hydrogen-bond acceptors (Lipinski definition) is 4. The van der Waals surface area contributed by atoms with Gasteiger partial charge >= 0.3 is 6.18 Å². The summed E-state index contributed by atoms with van der Waals surface area (Å²) in [5.41, 5.74) is -0.480. The van der Waals surface area contributed by atoms with Gasteiger partial charge in [0, 0.05) is 12.7 Å². The van der Waals surface area contributed by atoms with Crippen molar-refractivity contribution in [3.05, 3.63) is 63.2 Å². The maximum absolute atomic E-state index is 13.8. The molecule has 0 radical (unpaired) electrons. The molecule has 0 saturated heterocycles. The van der Waals surface area contributed by atoms with E-state index >= 15 is 0 Å². The number of fused-ring (bicyclic) bond motifs is 1. The van der Waals surface area contributed by atoms with Crippen molar-refractivity contribution >= 4 is 22.8 Å². The van der Waals surface area contributed by atoms with Crippen LogP contribution in [0.2, 0.25) is 5.28 Å². The van der Waals surface area contributed by atoms with E-state index in [1.165, 1.54) is 21.5 Å². The fourth-order valence-electron chi connectivity index (χ4n) is 3.16. The first-order valence-electron chi connectivity index (χ1n) is 9.22. The Labute approximate surface area is 177 Å². The van der Waals surface area contributed by atoms with Gasteiger partial charge in [-0.1, -0.05) is 13.0 Å². The molecule has 162 valence electrons. The molecule has 0 aliphatic carbocycles. The molecule has 0 aliphatic heterocycles. The zero-order valence-electron chi connectivity index (χ0n) is 16.0. The third-order valence-electron chi connectivity index (χ3n) is 4.60. The highest BCUT2D eigenvalue weighted by Gasteiger charge is 2.33. The van der Waals surface area contributed by atoms with Crippen LogP contribution in [0.5, 0.6) is 0 Å². The van der Waals surface area contributed by atoms with Crippen molar-refractivity contribution in [1.82, 2.24) is 29.3 Å². The summed E-state index contributed by atoms with van der Waals surface area (Å²) in [6.07, 6.45) is -1.02. The molecule has 0 unspecified atom stereocenters. The molecular formula is C19H15ClF4N6O. The Bertz CT molecular complexity index is 1320. The minimum atomic E-state index is -4.75. The van der Waals surface area contributed by atoms with Crippen LogP contribution in [0.3, 0.4) is 0 Å². The van der Waals surface area contributed by atoms with Crippen LogP contribution in [0.25, 0.3) is 22.6 Å². The van der Waals surface area contributed by atoms with Crippen LogP contribution in [0.1, 0.15) is 24.5 Å². The predicted octanol–water partition coefficient (Wildman–Crippen LogP) is 4.25. The third kappa shape index (κ3) is 4.05. The second kappa shape index (κ2) is 7.80. The molecule has 0 amide bonds. The molecule has 12 heteroatoms. The Hall–Kier alpha value is -3.21. The number of hydrogen-bond donors (Lipinski definition) is 1. The van der Waals surface area contributed by atoms with Gasteiger partial charge in [0.05, 0.1) is 23.9 Å². The lowest BCUT2D eigenvalue weighted by molar-refractivity contribution is -0.140. The number of halogens is 5. The highest BCUT2D eigenvalue weighted by atomic mass is 35.5. The van der Waals surface area contributed by atoms with E-state index in [0.29, 0.717) is 36.0 Å². The van der Waals surface area contributed by atoms with Gasteiger partial charge in [0.15, 0.2) is 11.2 Å². The molecule has 0 saturated carbocycles. The lowest BCUT2D eigenvalue weighted by Gasteiger charge is -2.09. The summed E-state index contributed by atoms with van der Waals surface area (Å²) in [5.74, 6) is -1.02. The van der Waals surface area contributed by atoms with Gasteiger partial charge in [-0.2, -0.15) is 23.3 Å². The summed E-state index contributed by atoms with van der Waals surface area (Å²) >= 11 is 6.07. The van der Waals surface area contributed by atoms with E-state index in [9.17, 15) is 22.4 Å². The SMILES string of the molecule is CCCn1c(Cl)nc2nc(-c3cnn(Cc4ccc(C(F)(F)F)c(F)c4)c3)[nH]c2c1=O. The number of aromatic nitrogens is 6. The monoisotopic (exact) mass is 454 g/mol. The Morgan fingerprint density at radius 3 is 2.68 bits per heavy atom. The van der Waals surface area contributed by atoms with Crippen molar-refractivity contribution in [1.29, 1.82) is 0 Å². The molecule has 0 bridgehead atoms. The Kier molecular flexibility index (Phi) is 5.29. The number of alkyl halides is 3. The topological polar surface area (TPSA) is 81.4 Å². The highest BCUT2D eigenvalue weighted by molar-refractivity contribution is 6.28. The minimum Gasteiger partial charge on any atom is -0.332 e. The molecule has 0 spiro atoms. The number of rotatable bonds is 5. The van der Waals surface area contributed by atoms with E-state index in [1.54, 1.807) is 6.20 Å². The predicted molar refractivity (Wildman–Crippen MR) is 105 cm³/mol. The van der Waals surface area contributed by atoms with E-state index < -0.39 is 17.6 Å². The summed E-state index contributed by atoms with van der Waals surface area (Å²) in [6.45, 7) is 2.36. The first-order valence-corrected chi connectivity index (χ1v) is 9.59. The van der Waals surface area contributed by atoms with E-state index in [2.05, 4.69) is 20.1 Å². The Morgan fingerprint density at radius 1 is 1.23 bits per heavy atom. The molecular weight excluding hydrogens is 440 g/mol. The number of H-pyrrole nitrogens is 1. The van der Waals surface area contributed by atoms with Crippen LogP contribution in [0.15, 0.2) is 35.4 Å². The first kappa shape index (κ1) is 21.0. The highest BCUT2D eigenvalue weighted by Crippen LogP contribution is 2.31. The minimum absolute atomic E-state index is 0.0393. The fourth-order valence-corrected chi connectivity index (χ4v) is 3.40. The molecule has 1 N–H and O–H groups in total. The average molecular weight is 455 g/mol. The number of benzene rings is 1. The maximum Gasteiger partial charge on any atom is 0.419 e. The van der Waals surface area contributed by atoms with Crippen molar-refractivity contribution in [3.8, 4) is 11.4 Å². The van der Waals surface area contributed by atoms with E-state index in [1.807, 2.05) is 6.92 Å². The van der Waals surface area contributed by atoms with Crippen LogP contribution < -0.4 is 5.56 Å². The molecule has 7 nitrogen and oxygen atoms in total. The summed E-state index contributed by atoms with van der Waals surface area (Å²) < 4.78 is 54.6. The van der Waals surface area contributed by atoms with Gasteiger partial charge in [0.1, 0.15) is 11.6 Å². The number of aromatic amines is 1. The fraction of sp³-hybridized carbons (Fsp3) is 0.263. The molecule has 4 rings (SSSR count). The van der Waals surface area contributed by atoms with E-state index in [-0.39, 0.29) is 28.6 Å². The standard InChI is InChI=1S/C19H15ClF4N6O/c1-2-5-30-17(31)14-16(28-18(30)20)27-15(26-14)11-7-25-29(9-11)8-10-3-4-12(13(21)6-10)19(22,23)24/h3-4,6-7,9H,2,5,8H2,1H3,(H,26,27). The van der Waals surface area contributed by atoms with Gasteiger partial charge in [-0.15, -0.1) is 0 Å². The summed E-state index contributed by atoms with van der Waals surface area (Å²) in [4.78, 5) is 23.9. The van der Waals surface area contributed by atoms with Crippen molar-refractivity contribution in [3.63, 3.8) is 0 Å². The van der Waals surface area contributed by atoms with Gasteiger partial charge in [-0.05, 0) is 35.7 Å². The van der Waals surface area contributed by atoms with E-state index in [4.69, 9.17) is 11.6 Å². The third-order valence-corrected chi connectivity index (χ3v) is 4.89. The van der Waals surface area contributed by atoms with Gasteiger partial charge in [-0.3, -0.25) is 14.0 Å². The first-order chi connectivity index (χ1) is 14.7. The number of nitrogens with one attached hydrogen (secondary N) is 1. The lowest BCUT2D eigenvalue weighted by atomic mass is 10.1.